The van der Waals surface area contributed by atoms with E-state index in [9.17, 15) is 0 Å². The molecule has 0 amide bonds. The maximum atomic E-state index is 5.48. The third kappa shape index (κ3) is 2.45. The fourth-order valence-electron chi connectivity index (χ4n) is 4.99. The van der Waals surface area contributed by atoms with Crippen LogP contribution in [-0.2, 0) is 13.0 Å². The van der Waals surface area contributed by atoms with Crippen molar-refractivity contribution < 1.29 is 9.47 Å². The summed E-state index contributed by atoms with van der Waals surface area (Å²) in [5, 5.41) is 0. The molecule has 3 nitrogen and oxygen atoms in total. The third-order valence-electron chi connectivity index (χ3n) is 6.79. The van der Waals surface area contributed by atoms with E-state index in [-0.39, 0.29) is 0 Å². The summed E-state index contributed by atoms with van der Waals surface area (Å²) in [6.07, 6.45) is 6.33. The Hall–Kier alpha value is -1.48. The Morgan fingerprint density at radius 3 is 2.46 bits per heavy atom. The number of methoxy groups -OCH3 is 2. The van der Waals surface area contributed by atoms with Crippen LogP contribution in [0.2, 0.25) is 0 Å². The SMILES string of the molecule is COc1cc2c(cc1OC)CN(CC1=CCC3CC1C3(C)C)CC2. The van der Waals surface area contributed by atoms with Crippen LogP contribution in [0.4, 0.5) is 0 Å². The van der Waals surface area contributed by atoms with Crippen molar-refractivity contribution in [3.05, 3.63) is 34.9 Å². The van der Waals surface area contributed by atoms with E-state index in [1.54, 1.807) is 19.8 Å². The highest BCUT2D eigenvalue weighted by atomic mass is 16.5. The fraction of sp³-hybridized carbons (Fsp3) is 0.619. The molecule has 2 bridgehead atoms. The molecule has 1 aromatic carbocycles. The Morgan fingerprint density at radius 1 is 1.12 bits per heavy atom. The first kappa shape index (κ1) is 16.0. The molecule has 1 aliphatic heterocycles. The molecule has 0 spiro atoms. The minimum absolute atomic E-state index is 0.522. The van der Waals surface area contributed by atoms with Crippen LogP contribution in [0.5, 0.6) is 11.5 Å². The van der Waals surface area contributed by atoms with Crippen LogP contribution in [0.15, 0.2) is 23.8 Å². The van der Waals surface area contributed by atoms with Crippen molar-refractivity contribution in [2.45, 2.75) is 39.7 Å². The molecule has 0 saturated heterocycles. The molecule has 0 N–H and O–H groups in total. The molecule has 1 heterocycles. The zero-order valence-electron chi connectivity index (χ0n) is 15.4. The van der Waals surface area contributed by atoms with E-state index < -0.39 is 0 Å². The number of fused-ring (bicyclic) bond motifs is 2. The van der Waals surface area contributed by atoms with Gasteiger partial charge in [0.25, 0.3) is 0 Å². The van der Waals surface area contributed by atoms with E-state index in [0.29, 0.717) is 5.41 Å². The van der Waals surface area contributed by atoms with Crippen molar-refractivity contribution in [3.8, 4) is 11.5 Å². The molecule has 2 unspecified atom stereocenters. The van der Waals surface area contributed by atoms with Crippen LogP contribution in [0.3, 0.4) is 0 Å². The molecule has 24 heavy (non-hydrogen) atoms. The number of nitrogens with zero attached hydrogens (tertiary/aromatic N) is 1. The predicted octanol–water partition coefficient (Wildman–Crippen LogP) is 4.05. The van der Waals surface area contributed by atoms with Crippen molar-refractivity contribution in [1.29, 1.82) is 0 Å². The van der Waals surface area contributed by atoms with Gasteiger partial charge in [0.15, 0.2) is 11.5 Å². The van der Waals surface area contributed by atoms with Crippen molar-refractivity contribution in [2.24, 2.45) is 17.3 Å². The summed E-state index contributed by atoms with van der Waals surface area (Å²) in [4.78, 5) is 2.61. The van der Waals surface area contributed by atoms with Gasteiger partial charge in [-0.2, -0.15) is 0 Å². The number of rotatable bonds is 4. The third-order valence-corrected chi connectivity index (χ3v) is 6.79. The smallest absolute Gasteiger partial charge is 0.161 e. The van der Waals surface area contributed by atoms with Gasteiger partial charge < -0.3 is 9.47 Å². The largest absolute Gasteiger partial charge is 0.493 e. The standard InChI is InChI=1S/C21H29NO2/c1-21(2)17-6-5-15(18(21)11-17)12-22-8-7-14-9-19(23-3)20(24-4)10-16(14)13-22/h5,9-10,17-18H,6-8,11-13H2,1-4H3. The minimum atomic E-state index is 0.522. The van der Waals surface area contributed by atoms with Crippen LogP contribution in [0.25, 0.3) is 0 Å². The molecule has 1 saturated carbocycles. The molecule has 1 aromatic rings. The lowest BCUT2D eigenvalue weighted by molar-refractivity contribution is -0.0110. The Labute approximate surface area is 145 Å². The first-order valence-electron chi connectivity index (χ1n) is 9.18. The van der Waals surface area contributed by atoms with E-state index in [4.69, 9.17) is 9.47 Å². The highest BCUT2D eigenvalue weighted by molar-refractivity contribution is 5.48. The molecule has 5 rings (SSSR count). The second kappa shape index (κ2) is 5.80. The summed E-state index contributed by atoms with van der Waals surface area (Å²) in [7, 11) is 3.43. The quantitative estimate of drug-likeness (QED) is 0.779. The van der Waals surface area contributed by atoms with E-state index in [1.165, 1.54) is 24.0 Å². The highest BCUT2D eigenvalue weighted by Gasteiger charge is 2.51. The van der Waals surface area contributed by atoms with Crippen molar-refractivity contribution in [1.82, 2.24) is 4.90 Å². The molecule has 0 radical (unpaired) electrons. The highest BCUT2D eigenvalue weighted by Crippen LogP contribution is 2.59. The lowest BCUT2D eigenvalue weighted by Crippen LogP contribution is -2.50. The Balaban J connectivity index is 1.50. The molecule has 0 aromatic heterocycles. The summed E-state index contributed by atoms with van der Waals surface area (Å²) in [5.41, 5.74) is 5.01. The zero-order chi connectivity index (χ0) is 16.9. The summed E-state index contributed by atoms with van der Waals surface area (Å²) in [6, 6.07) is 4.32. The monoisotopic (exact) mass is 327 g/mol. The minimum Gasteiger partial charge on any atom is -0.493 e. The lowest BCUT2D eigenvalue weighted by Gasteiger charge is -2.57. The average molecular weight is 327 g/mol. The Morgan fingerprint density at radius 2 is 1.83 bits per heavy atom. The van der Waals surface area contributed by atoms with E-state index in [2.05, 4.69) is 37.0 Å². The van der Waals surface area contributed by atoms with Crippen LogP contribution >= 0.6 is 0 Å². The van der Waals surface area contributed by atoms with Crippen molar-refractivity contribution in [2.75, 3.05) is 27.3 Å². The van der Waals surface area contributed by atoms with Gasteiger partial charge in [0.1, 0.15) is 0 Å². The molecule has 1 fully saturated rings. The lowest BCUT2D eigenvalue weighted by atomic mass is 9.49. The van der Waals surface area contributed by atoms with E-state index in [1.807, 2.05) is 0 Å². The second-order valence-electron chi connectivity index (χ2n) is 8.26. The first-order valence-corrected chi connectivity index (χ1v) is 9.18. The topological polar surface area (TPSA) is 21.7 Å². The van der Waals surface area contributed by atoms with Crippen LogP contribution < -0.4 is 9.47 Å². The Kier molecular flexibility index (Phi) is 3.87. The number of hydrogen-bond donors (Lipinski definition) is 0. The Bertz CT molecular complexity index is 677. The van der Waals surface area contributed by atoms with Gasteiger partial charge >= 0.3 is 0 Å². The number of hydrogen-bond acceptors (Lipinski definition) is 3. The molecule has 130 valence electrons. The number of ether oxygens (including phenoxy) is 2. The number of benzene rings is 1. The van der Waals surface area contributed by atoms with Gasteiger partial charge in [-0.1, -0.05) is 25.5 Å². The predicted molar refractivity (Wildman–Crippen MR) is 96.6 cm³/mol. The molecule has 4 aliphatic rings. The van der Waals surface area contributed by atoms with Crippen LogP contribution in [-0.4, -0.2) is 32.2 Å². The fourth-order valence-corrected chi connectivity index (χ4v) is 4.99. The molecule has 3 aliphatic carbocycles. The zero-order valence-corrected chi connectivity index (χ0v) is 15.4. The first-order chi connectivity index (χ1) is 11.5. The van der Waals surface area contributed by atoms with Gasteiger partial charge in [0.05, 0.1) is 14.2 Å². The summed E-state index contributed by atoms with van der Waals surface area (Å²) in [5.74, 6) is 3.42. The molecule has 3 heteroatoms. The molecular weight excluding hydrogens is 298 g/mol. The van der Waals surface area contributed by atoms with E-state index in [0.717, 1.165) is 49.4 Å². The van der Waals surface area contributed by atoms with Gasteiger partial charge in [0, 0.05) is 19.6 Å². The average Bonchev–Trinajstić information content (AvgIpc) is 2.60. The van der Waals surface area contributed by atoms with E-state index >= 15 is 0 Å². The van der Waals surface area contributed by atoms with Gasteiger partial charge in [-0.3, -0.25) is 4.90 Å². The second-order valence-corrected chi connectivity index (χ2v) is 8.26. The van der Waals surface area contributed by atoms with Gasteiger partial charge in [-0.15, -0.1) is 0 Å². The molecular formula is C21H29NO2. The van der Waals surface area contributed by atoms with Gasteiger partial charge in [-0.25, -0.2) is 0 Å². The van der Waals surface area contributed by atoms with Crippen LogP contribution in [0, 0.1) is 17.3 Å². The maximum Gasteiger partial charge on any atom is 0.161 e. The normalized spacial score (nSPS) is 27.8. The van der Waals surface area contributed by atoms with Crippen molar-refractivity contribution in [3.63, 3.8) is 0 Å². The van der Waals surface area contributed by atoms with Crippen molar-refractivity contribution >= 4 is 0 Å². The summed E-state index contributed by atoms with van der Waals surface area (Å²) < 4.78 is 10.9. The van der Waals surface area contributed by atoms with Gasteiger partial charge in [0.2, 0.25) is 0 Å². The number of allylic oxidation sites excluding steroid dienone is 1. The molecule has 2 atom stereocenters. The maximum absolute atomic E-state index is 5.48. The van der Waals surface area contributed by atoms with Crippen LogP contribution in [0.1, 0.15) is 37.8 Å². The summed E-state index contributed by atoms with van der Waals surface area (Å²) in [6.45, 7) is 8.21. The van der Waals surface area contributed by atoms with Gasteiger partial charge in [-0.05, 0) is 59.8 Å². The summed E-state index contributed by atoms with van der Waals surface area (Å²) >= 11 is 0.